The third-order valence-electron chi connectivity index (χ3n) is 4.53. The van der Waals surface area contributed by atoms with E-state index < -0.39 is 12.3 Å². The summed E-state index contributed by atoms with van der Waals surface area (Å²) in [5.41, 5.74) is 1.05. The van der Waals surface area contributed by atoms with Gasteiger partial charge in [-0.05, 0) is 56.2 Å². The van der Waals surface area contributed by atoms with Gasteiger partial charge in [-0.3, -0.25) is 0 Å². The van der Waals surface area contributed by atoms with E-state index in [4.69, 9.17) is 9.47 Å². The monoisotopic (exact) mass is 399 g/mol. The van der Waals surface area contributed by atoms with Crippen molar-refractivity contribution < 1.29 is 32.2 Å². The van der Waals surface area contributed by atoms with Crippen LogP contribution >= 0.6 is 0 Å². The molecular weight excluding hydrogens is 379 g/mol. The van der Waals surface area contributed by atoms with Crippen LogP contribution in [0.5, 0.6) is 11.6 Å². The highest BCUT2D eigenvalue weighted by Crippen LogP contribution is 2.35. The van der Waals surface area contributed by atoms with Gasteiger partial charge < -0.3 is 14.2 Å². The lowest BCUT2D eigenvalue weighted by Gasteiger charge is -2.28. The number of nitrogens with zero attached hydrogens (tertiary/aromatic N) is 2. The van der Waals surface area contributed by atoms with E-state index >= 15 is 0 Å². The van der Waals surface area contributed by atoms with Crippen LogP contribution in [0, 0.1) is 0 Å². The number of ether oxygens (including phenoxy) is 3. The quantitative estimate of drug-likeness (QED) is 0.740. The number of aromatic amines is 1. The molecule has 1 aliphatic rings. The fourth-order valence-electron chi connectivity index (χ4n) is 3.25. The molecular formula is C18H20F3N3O4. The van der Waals surface area contributed by atoms with Crippen molar-refractivity contribution in [2.45, 2.75) is 51.0 Å². The molecule has 0 aliphatic heterocycles. The molecule has 0 bridgehead atoms. The summed E-state index contributed by atoms with van der Waals surface area (Å²) in [6, 6.07) is 5.96. The second-order valence-electron chi connectivity index (χ2n) is 6.42. The molecule has 7 nitrogen and oxygen atoms in total. The van der Waals surface area contributed by atoms with Gasteiger partial charge in [0.05, 0.1) is 6.61 Å². The van der Waals surface area contributed by atoms with Crippen LogP contribution < -0.4 is 9.47 Å². The van der Waals surface area contributed by atoms with Crippen LogP contribution in [0.15, 0.2) is 24.3 Å². The van der Waals surface area contributed by atoms with Gasteiger partial charge in [-0.25, -0.2) is 9.89 Å². The van der Waals surface area contributed by atoms with E-state index in [1.54, 1.807) is 19.1 Å². The normalized spacial score (nSPS) is 19.9. The molecule has 1 aliphatic carbocycles. The lowest BCUT2D eigenvalue weighted by Crippen LogP contribution is -2.24. The van der Waals surface area contributed by atoms with Crippen molar-refractivity contribution in [1.82, 2.24) is 15.4 Å². The number of aromatic nitrogens is 3. The fourth-order valence-corrected chi connectivity index (χ4v) is 3.25. The Balaban J connectivity index is 1.54. The van der Waals surface area contributed by atoms with Crippen molar-refractivity contribution in [1.29, 1.82) is 0 Å². The molecule has 1 saturated carbocycles. The van der Waals surface area contributed by atoms with Crippen LogP contribution in [-0.4, -0.2) is 40.5 Å². The summed E-state index contributed by atoms with van der Waals surface area (Å²) in [7, 11) is 0. The Hall–Kier alpha value is -2.78. The van der Waals surface area contributed by atoms with Crippen molar-refractivity contribution in [3.63, 3.8) is 0 Å². The Morgan fingerprint density at radius 2 is 1.86 bits per heavy atom. The van der Waals surface area contributed by atoms with Crippen molar-refractivity contribution in [2.24, 2.45) is 0 Å². The molecule has 0 spiro atoms. The standard InChI is InChI=1S/C18H20F3N3O4/c1-2-26-17(25)15-16(23-24-22-15)27-13-7-3-11(4-8-13)12-5-9-14(10-6-12)28-18(19,20)21/h5-6,9-11,13H,2-4,7-8H2,1H3,(H,22,23,24)/t11-,13-. The van der Waals surface area contributed by atoms with Gasteiger partial charge in [0.1, 0.15) is 11.9 Å². The summed E-state index contributed by atoms with van der Waals surface area (Å²) in [4.78, 5) is 11.8. The van der Waals surface area contributed by atoms with Crippen LogP contribution in [0.2, 0.25) is 0 Å². The number of rotatable bonds is 6. The van der Waals surface area contributed by atoms with Crippen LogP contribution in [0.25, 0.3) is 0 Å². The molecule has 0 amide bonds. The minimum atomic E-state index is -4.69. The fraction of sp³-hybridized carbons (Fsp3) is 0.500. The van der Waals surface area contributed by atoms with E-state index in [1.165, 1.54) is 12.1 Å². The molecule has 0 atom stereocenters. The van der Waals surface area contributed by atoms with Gasteiger partial charge in [-0.1, -0.05) is 22.4 Å². The molecule has 1 aromatic heterocycles. The number of nitrogens with one attached hydrogen (secondary N) is 1. The van der Waals surface area contributed by atoms with Crippen LogP contribution in [0.4, 0.5) is 13.2 Å². The van der Waals surface area contributed by atoms with Gasteiger partial charge in [0.15, 0.2) is 0 Å². The van der Waals surface area contributed by atoms with E-state index in [2.05, 4.69) is 20.1 Å². The molecule has 10 heteroatoms. The van der Waals surface area contributed by atoms with Crippen molar-refractivity contribution in [2.75, 3.05) is 6.61 Å². The molecule has 1 N–H and O–H groups in total. The van der Waals surface area contributed by atoms with Gasteiger partial charge in [-0.2, -0.15) is 0 Å². The zero-order valence-corrected chi connectivity index (χ0v) is 15.2. The number of esters is 1. The largest absolute Gasteiger partial charge is 0.573 e. The number of alkyl halides is 3. The van der Waals surface area contributed by atoms with Crippen LogP contribution in [0.3, 0.4) is 0 Å². The molecule has 3 rings (SSSR count). The molecule has 28 heavy (non-hydrogen) atoms. The maximum absolute atomic E-state index is 12.2. The Labute approximate surface area is 159 Å². The lowest BCUT2D eigenvalue weighted by atomic mass is 9.83. The van der Waals surface area contributed by atoms with Crippen LogP contribution in [0.1, 0.15) is 54.6 Å². The summed E-state index contributed by atoms with van der Waals surface area (Å²) in [6.45, 7) is 1.93. The Morgan fingerprint density at radius 3 is 2.46 bits per heavy atom. The molecule has 0 unspecified atom stereocenters. The molecule has 1 fully saturated rings. The lowest BCUT2D eigenvalue weighted by molar-refractivity contribution is -0.274. The van der Waals surface area contributed by atoms with Gasteiger partial charge in [0.25, 0.3) is 5.88 Å². The average molecular weight is 399 g/mol. The average Bonchev–Trinajstić information content (AvgIpc) is 3.10. The highest BCUT2D eigenvalue weighted by atomic mass is 19.4. The zero-order chi connectivity index (χ0) is 20.1. The number of hydrogen-bond donors (Lipinski definition) is 1. The second-order valence-corrected chi connectivity index (χ2v) is 6.42. The first-order chi connectivity index (χ1) is 13.4. The van der Waals surface area contributed by atoms with Gasteiger partial charge >= 0.3 is 12.3 Å². The van der Waals surface area contributed by atoms with Crippen molar-refractivity contribution in [3.8, 4) is 11.6 Å². The van der Waals surface area contributed by atoms with Gasteiger partial charge in [0.2, 0.25) is 5.69 Å². The first-order valence-electron chi connectivity index (χ1n) is 8.96. The van der Waals surface area contributed by atoms with E-state index in [1.807, 2.05) is 0 Å². The third-order valence-corrected chi connectivity index (χ3v) is 4.53. The molecule has 0 saturated heterocycles. The first kappa shape index (κ1) is 20.0. The number of carbonyl (C=O) groups is 1. The molecule has 0 radical (unpaired) electrons. The molecule has 152 valence electrons. The van der Waals surface area contributed by atoms with E-state index in [0.29, 0.717) is 0 Å². The topological polar surface area (TPSA) is 86.3 Å². The second kappa shape index (κ2) is 8.49. The number of benzene rings is 1. The first-order valence-corrected chi connectivity index (χ1v) is 8.96. The predicted molar refractivity (Wildman–Crippen MR) is 91.1 cm³/mol. The number of carbonyl (C=O) groups excluding carboxylic acids is 1. The summed E-state index contributed by atoms with van der Waals surface area (Å²) >= 11 is 0. The van der Waals surface area contributed by atoms with E-state index in [-0.39, 0.29) is 36.0 Å². The highest BCUT2D eigenvalue weighted by Gasteiger charge is 2.31. The van der Waals surface area contributed by atoms with Crippen LogP contribution in [-0.2, 0) is 4.74 Å². The highest BCUT2D eigenvalue weighted by molar-refractivity contribution is 5.89. The Morgan fingerprint density at radius 1 is 1.18 bits per heavy atom. The molecule has 2 aromatic rings. The maximum atomic E-state index is 12.2. The molecule has 1 aromatic carbocycles. The van der Waals surface area contributed by atoms with Gasteiger partial charge in [0, 0.05) is 0 Å². The SMILES string of the molecule is CCOC(=O)c1[nH]nnc1O[C@H]1CC[C@H](c2ccc(OC(F)(F)F)cc2)CC1. The number of H-pyrrole nitrogens is 1. The minimum absolute atomic E-state index is 0.0872. The summed E-state index contributed by atoms with van der Waals surface area (Å²) < 4.78 is 51.3. The Bertz CT molecular complexity index is 784. The number of halogens is 3. The number of hydrogen-bond acceptors (Lipinski definition) is 6. The van der Waals surface area contributed by atoms with E-state index in [9.17, 15) is 18.0 Å². The molecule has 1 heterocycles. The van der Waals surface area contributed by atoms with Crippen molar-refractivity contribution >= 4 is 5.97 Å². The van der Waals surface area contributed by atoms with Gasteiger partial charge in [-0.15, -0.1) is 13.2 Å². The summed E-state index contributed by atoms with van der Waals surface area (Å²) in [6.07, 6.45) is -1.77. The minimum Gasteiger partial charge on any atom is -0.472 e. The predicted octanol–water partition coefficient (Wildman–Crippen LogP) is 3.99. The smallest absolute Gasteiger partial charge is 0.472 e. The van der Waals surface area contributed by atoms with E-state index in [0.717, 1.165) is 31.2 Å². The Kier molecular flexibility index (Phi) is 6.05. The third kappa shape index (κ3) is 5.14. The maximum Gasteiger partial charge on any atom is 0.573 e. The zero-order valence-electron chi connectivity index (χ0n) is 15.2. The summed E-state index contributed by atoms with van der Waals surface area (Å²) in [5.74, 6) is -0.458. The summed E-state index contributed by atoms with van der Waals surface area (Å²) in [5, 5.41) is 9.87. The van der Waals surface area contributed by atoms with Crippen molar-refractivity contribution in [3.05, 3.63) is 35.5 Å².